The van der Waals surface area contributed by atoms with Crippen LogP contribution >= 0.6 is 27.9 Å². The number of ether oxygens (including phenoxy) is 1. The second kappa shape index (κ2) is 8.16. The Balaban J connectivity index is 0.000000245. The molecule has 5 heteroatoms. The van der Waals surface area contributed by atoms with Gasteiger partial charge >= 0.3 is 42.6 Å². The van der Waals surface area contributed by atoms with Crippen LogP contribution in [0.2, 0.25) is 0 Å². The molecule has 1 atom stereocenters. The molecule has 0 bridgehead atoms. The van der Waals surface area contributed by atoms with Crippen molar-refractivity contribution in [1.82, 2.24) is 0 Å². The van der Waals surface area contributed by atoms with Crippen LogP contribution in [0.25, 0.3) is 0 Å². The fraction of sp³-hybridized carbons (Fsp3) is 0.500. The summed E-state index contributed by atoms with van der Waals surface area (Å²) in [5.41, 5.74) is 1.41. The van der Waals surface area contributed by atoms with E-state index in [4.69, 9.17) is 32.7 Å². The summed E-state index contributed by atoms with van der Waals surface area (Å²) in [6.07, 6.45) is 12.6. The van der Waals surface area contributed by atoms with Crippen LogP contribution < -0.4 is 0 Å². The van der Waals surface area contributed by atoms with E-state index in [0.717, 1.165) is 13.0 Å². The van der Waals surface area contributed by atoms with Crippen molar-refractivity contribution in [2.45, 2.75) is 25.4 Å². The quantitative estimate of drug-likeness (QED) is 0.690. The summed E-state index contributed by atoms with van der Waals surface area (Å²) in [6, 6.07) is 0. The number of allylic oxidation sites excluding steroid dienone is 3. The Morgan fingerprint density at radius 3 is 2.53 bits per heavy atom. The molecule has 1 heterocycles. The van der Waals surface area contributed by atoms with E-state index in [9.17, 15) is 0 Å². The Kier molecular flexibility index (Phi) is 7.67. The Morgan fingerprint density at radius 2 is 2.07 bits per heavy atom. The van der Waals surface area contributed by atoms with Crippen LogP contribution in [-0.2, 0) is 19.4 Å². The van der Waals surface area contributed by atoms with E-state index in [2.05, 4.69) is 24.6 Å². The first kappa shape index (κ1) is 14.1. The standard InChI is InChI=1S/C10H13O.3ClH.Ti/c1-2-5-9(4-1)8-10-6-3-7-11-10;;;;/h1-2,4-5,10H,3,6-8H2;3*1H;/q;;;;+3/p-3. The van der Waals surface area contributed by atoms with Gasteiger partial charge in [-0.25, -0.2) is 0 Å². The van der Waals surface area contributed by atoms with Crippen LogP contribution in [0.1, 0.15) is 19.3 Å². The third-order valence-corrected chi connectivity index (χ3v) is 2.22. The summed E-state index contributed by atoms with van der Waals surface area (Å²) >= 11 is -1.92. The van der Waals surface area contributed by atoms with Crippen molar-refractivity contribution in [2.24, 2.45) is 0 Å². The molecule has 0 aromatic rings. The minimum absolute atomic E-state index is 0.498. The third-order valence-electron chi connectivity index (χ3n) is 2.22. The fourth-order valence-electron chi connectivity index (χ4n) is 1.62. The van der Waals surface area contributed by atoms with Crippen molar-refractivity contribution in [1.29, 1.82) is 0 Å². The van der Waals surface area contributed by atoms with E-state index in [0.29, 0.717) is 6.10 Å². The monoisotopic (exact) mass is 302 g/mol. The van der Waals surface area contributed by atoms with Crippen molar-refractivity contribution >= 4 is 27.9 Å². The van der Waals surface area contributed by atoms with Crippen molar-refractivity contribution in [3.05, 3.63) is 30.2 Å². The van der Waals surface area contributed by atoms with Crippen molar-refractivity contribution in [3.63, 3.8) is 0 Å². The molecule has 1 aliphatic heterocycles. The van der Waals surface area contributed by atoms with Gasteiger partial charge in [0.2, 0.25) is 0 Å². The Bertz CT molecular complexity index is 232. The van der Waals surface area contributed by atoms with E-state index in [1.165, 1.54) is 18.4 Å². The van der Waals surface area contributed by atoms with Crippen LogP contribution in [0.3, 0.4) is 0 Å². The predicted molar refractivity (Wildman–Crippen MR) is 62.7 cm³/mol. The summed E-state index contributed by atoms with van der Waals surface area (Å²) in [7, 11) is 14.9. The molecule has 0 amide bonds. The van der Waals surface area contributed by atoms with Crippen LogP contribution in [0.4, 0.5) is 0 Å². The summed E-state index contributed by atoms with van der Waals surface area (Å²) < 4.78 is 5.53. The predicted octanol–water partition coefficient (Wildman–Crippen LogP) is 4.32. The maximum atomic E-state index is 5.53. The van der Waals surface area contributed by atoms with E-state index in [-0.39, 0.29) is 0 Å². The van der Waals surface area contributed by atoms with Crippen LogP contribution in [0, 0.1) is 6.42 Å². The molecule has 1 nitrogen and oxygen atoms in total. The summed E-state index contributed by atoms with van der Waals surface area (Å²) in [4.78, 5) is 0. The van der Waals surface area contributed by atoms with Gasteiger partial charge in [0, 0.05) is 13.0 Å². The second-order valence-corrected chi connectivity index (χ2v) is 11.1. The molecular formula is C10H13Cl3OTi. The molecule has 0 saturated carbocycles. The van der Waals surface area contributed by atoms with E-state index in [1.54, 1.807) is 0 Å². The molecule has 1 aliphatic carbocycles. The molecule has 0 spiro atoms. The number of rotatable bonds is 2. The van der Waals surface area contributed by atoms with E-state index >= 15 is 0 Å². The summed E-state index contributed by atoms with van der Waals surface area (Å²) in [5.74, 6) is 0. The van der Waals surface area contributed by atoms with Crippen LogP contribution in [-0.4, -0.2) is 12.7 Å². The molecular weight excluding hydrogens is 290 g/mol. The first-order valence-corrected chi connectivity index (χ1v) is 11.3. The van der Waals surface area contributed by atoms with Crippen molar-refractivity contribution in [2.75, 3.05) is 6.61 Å². The van der Waals surface area contributed by atoms with Gasteiger partial charge in [-0.15, -0.1) is 0 Å². The Labute approximate surface area is 109 Å². The third kappa shape index (κ3) is 7.04. The maximum absolute atomic E-state index is 5.53. The second-order valence-electron chi connectivity index (χ2n) is 3.35. The van der Waals surface area contributed by atoms with Gasteiger partial charge in [0.05, 0.1) is 6.10 Å². The number of halogens is 3. The molecule has 1 saturated heterocycles. The first-order chi connectivity index (χ1) is 7.18. The van der Waals surface area contributed by atoms with E-state index < -0.39 is 14.7 Å². The molecule has 0 aromatic carbocycles. The Hall–Kier alpha value is 1.02. The fourth-order valence-corrected chi connectivity index (χ4v) is 1.62. The SMILES string of the molecule is [CH]1C=CC=C1CC1CCCO1.[Cl][Ti]([Cl])[Cl]. The van der Waals surface area contributed by atoms with Gasteiger partial charge in [-0.3, -0.25) is 0 Å². The zero-order valence-electron chi connectivity index (χ0n) is 8.26. The minimum atomic E-state index is -1.92. The normalized spacial score (nSPS) is 23.4. The molecule has 2 aliphatic rings. The van der Waals surface area contributed by atoms with Crippen LogP contribution in [0.15, 0.2) is 23.8 Å². The van der Waals surface area contributed by atoms with E-state index in [1.807, 2.05) is 0 Å². The summed E-state index contributed by atoms with van der Waals surface area (Å²) in [5, 5.41) is 0. The molecule has 1 unspecified atom stereocenters. The molecule has 84 valence electrons. The van der Waals surface area contributed by atoms with Gasteiger partial charge in [0.1, 0.15) is 0 Å². The zero-order valence-corrected chi connectivity index (χ0v) is 12.1. The van der Waals surface area contributed by atoms with Crippen molar-refractivity contribution < 1.29 is 19.4 Å². The van der Waals surface area contributed by atoms with Crippen molar-refractivity contribution in [3.8, 4) is 0 Å². The number of hydrogen-bond acceptors (Lipinski definition) is 1. The topological polar surface area (TPSA) is 9.23 Å². The Morgan fingerprint density at radius 1 is 1.33 bits per heavy atom. The zero-order chi connectivity index (χ0) is 11.1. The molecule has 1 radical (unpaired) electrons. The van der Waals surface area contributed by atoms with Gasteiger partial charge in [-0.05, 0) is 19.3 Å². The number of hydrogen-bond donors (Lipinski definition) is 0. The summed E-state index contributed by atoms with van der Waals surface area (Å²) in [6.45, 7) is 0.964. The molecule has 1 fully saturated rings. The van der Waals surface area contributed by atoms with Gasteiger partial charge in [0.15, 0.2) is 0 Å². The molecule has 0 N–H and O–H groups in total. The average molecular weight is 303 g/mol. The molecule has 2 rings (SSSR count). The van der Waals surface area contributed by atoms with Crippen LogP contribution in [0.5, 0.6) is 0 Å². The molecule has 15 heavy (non-hydrogen) atoms. The van der Waals surface area contributed by atoms with Gasteiger partial charge in [0.25, 0.3) is 0 Å². The first-order valence-electron chi connectivity index (χ1n) is 4.84. The molecule has 0 aromatic heterocycles. The van der Waals surface area contributed by atoms with Gasteiger partial charge in [-0.1, -0.05) is 23.8 Å². The average Bonchev–Trinajstić information content (AvgIpc) is 2.76. The van der Waals surface area contributed by atoms with Gasteiger partial charge in [-0.2, -0.15) is 0 Å². The van der Waals surface area contributed by atoms with Gasteiger partial charge < -0.3 is 4.74 Å².